The van der Waals surface area contributed by atoms with Gasteiger partial charge >= 0.3 is 0 Å². The van der Waals surface area contributed by atoms with Gasteiger partial charge in [-0.15, -0.1) is 0 Å². The molecule has 3 nitrogen and oxygen atoms in total. The van der Waals surface area contributed by atoms with Crippen LogP contribution in [-0.4, -0.2) is 12.4 Å². The summed E-state index contributed by atoms with van der Waals surface area (Å²) in [6.07, 6.45) is 1.94. The van der Waals surface area contributed by atoms with Crippen LogP contribution in [0.1, 0.15) is 24.2 Å². The standard InChI is InChI=1S/C13H14FNO2S/c1-10-7-8-15(9-10)18(16,17)13-5-3-12(4-6-13)11(2)14/h3-9,11H,1-2H3. The van der Waals surface area contributed by atoms with Gasteiger partial charge in [0.15, 0.2) is 0 Å². The van der Waals surface area contributed by atoms with Gasteiger partial charge in [0, 0.05) is 12.4 Å². The van der Waals surface area contributed by atoms with Crippen molar-refractivity contribution in [3.63, 3.8) is 0 Å². The maximum Gasteiger partial charge on any atom is 0.267 e. The zero-order chi connectivity index (χ0) is 13.3. The first-order valence-electron chi connectivity index (χ1n) is 5.55. The summed E-state index contributed by atoms with van der Waals surface area (Å²) in [5.74, 6) is 0. The monoisotopic (exact) mass is 267 g/mol. The lowest BCUT2D eigenvalue weighted by Crippen LogP contribution is -2.10. The number of rotatable bonds is 3. The van der Waals surface area contributed by atoms with Crippen molar-refractivity contribution in [3.05, 3.63) is 53.9 Å². The molecule has 0 aliphatic heterocycles. The van der Waals surface area contributed by atoms with Gasteiger partial charge in [-0.1, -0.05) is 12.1 Å². The average Bonchev–Trinajstić information content (AvgIpc) is 2.76. The van der Waals surface area contributed by atoms with Crippen LogP contribution >= 0.6 is 0 Å². The second kappa shape index (κ2) is 4.57. The highest BCUT2D eigenvalue weighted by atomic mass is 32.2. The molecule has 0 radical (unpaired) electrons. The Kier molecular flexibility index (Phi) is 3.26. The number of hydrogen-bond acceptors (Lipinski definition) is 2. The topological polar surface area (TPSA) is 39.1 Å². The maximum absolute atomic E-state index is 13.0. The molecular formula is C13H14FNO2S. The lowest BCUT2D eigenvalue weighted by Gasteiger charge is -2.07. The van der Waals surface area contributed by atoms with Crippen LogP contribution in [0, 0.1) is 6.92 Å². The molecule has 0 bridgehead atoms. The van der Waals surface area contributed by atoms with E-state index in [4.69, 9.17) is 0 Å². The summed E-state index contributed by atoms with van der Waals surface area (Å²) in [5, 5.41) is 0. The zero-order valence-corrected chi connectivity index (χ0v) is 11.0. The van der Waals surface area contributed by atoms with Gasteiger partial charge in [-0.25, -0.2) is 16.8 Å². The zero-order valence-electron chi connectivity index (χ0n) is 10.2. The molecule has 0 aliphatic carbocycles. The summed E-state index contributed by atoms with van der Waals surface area (Å²) in [4.78, 5) is 0.155. The van der Waals surface area contributed by atoms with Crippen LogP contribution in [-0.2, 0) is 10.0 Å². The second-order valence-corrected chi connectivity index (χ2v) is 6.05. The summed E-state index contributed by atoms with van der Waals surface area (Å²) in [6.45, 7) is 3.23. The highest BCUT2D eigenvalue weighted by Gasteiger charge is 2.16. The van der Waals surface area contributed by atoms with Crippen molar-refractivity contribution >= 4 is 10.0 Å². The van der Waals surface area contributed by atoms with Crippen molar-refractivity contribution in [3.8, 4) is 0 Å². The summed E-state index contributed by atoms with van der Waals surface area (Å²) in [6, 6.07) is 7.56. The average molecular weight is 267 g/mol. The number of aryl methyl sites for hydroxylation is 1. The Hall–Kier alpha value is -1.62. The molecule has 0 spiro atoms. The van der Waals surface area contributed by atoms with Crippen LogP contribution < -0.4 is 0 Å². The molecule has 0 amide bonds. The lowest BCUT2D eigenvalue weighted by molar-refractivity contribution is 0.374. The van der Waals surface area contributed by atoms with E-state index in [2.05, 4.69) is 0 Å². The van der Waals surface area contributed by atoms with Crippen molar-refractivity contribution in [2.24, 2.45) is 0 Å². The lowest BCUT2D eigenvalue weighted by atomic mass is 10.1. The number of nitrogens with zero attached hydrogens (tertiary/aromatic N) is 1. The number of benzene rings is 1. The molecule has 18 heavy (non-hydrogen) atoms. The van der Waals surface area contributed by atoms with Gasteiger partial charge in [-0.3, -0.25) is 0 Å². The van der Waals surface area contributed by atoms with Gasteiger partial charge in [0.25, 0.3) is 10.0 Å². The normalized spacial score (nSPS) is 13.5. The van der Waals surface area contributed by atoms with E-state index in [1.165, 1.54) is 37.4 Å². The van der Waals surface area contributed by atoms with Gasteiger partial charge in [0.05, 0.1) is 4.90 Å². The van der Waals surface area contributed by atoms with Crippen LogP contribution in [0.4, 0.5) is 4.39 Å². The Morgan fingerprint density at radius 2 is 1.78 bits per heavy atom. The third-order valence-electron chi connectivity index (χ3n) is 2.73. The highest BCUT2D eigenvalue weighted by molar-refractivity contribution is 7.90. The number of aromatic nitrogens is 1. The molecule has 1 unspecified atom stereocenters. The van der Waals surface area contributed by atoms with E-state index in [0.29, 0.717) is 5.56 Å². The van der Waals surface area contributed by atoms with Gasteiger partial charge in [0.1, 0.15) is 6.17 Å². The first kappa shape index (κ1) is 12.8. The Morgan fingerprint density at radius 3 is 2.22 bits per heavy atom. The van der Waals surface area contributed by atoms with E-state index in [9.17, 15) is 12.8 Å². The molecule has 0 aliphatic rings. The van der Waals surface area contributed by atoms with Gasteiger partial charge < -0.3 is 0 Å². The molecule has 1 atom stereocenters. The quantitative estimate of drug-likeness (QED) is 0.857. The molecule has 2 rings (SSSR count). The Labute approximate surface area is 106 Å². The van der Waals surface area contributed by atoms with E-state index in [1.54, 1.807) is 12.3 Å². The molecule has 2 aromatic rings. The van der Waals surface area contributed by atoms with E-state index in [-0.39, 0.29) is 4.90 Å². The number of halogens is 1. The smallest absolute Gasteiger partial charge is 0.249 e. The Morgan fingerprint density at radius 1 is 1.17 bits per heavy atom. The molecule has 0 fully saturated rings. The molecule has 96 valence electrons. The Balaban J connectivity index is 2.42. The van der Waals surface area contributed by atoms with Crippen molar-refractivity contribution in [2.75, 3.05) is 0 Å². The minimum Gasteiger partial charge on any atom is -0.249 e. The maximum atomic E-state index is 13.0. The molecule has 1 aromatic carbocycles. The predicted octanol–water partition coefficient (Wildman–Crippen LogP) is 3.06. The summed E-state index contributed by atoms with van der Waals surface area (Å²) < 4.78 is 38.6. The van der Waals surface area contributed by atoms with Crippen LogP contribution in [0.2, 0.25) is 0 Å². The highest BCUT2D eigenvalue weighted by Crippen LogP contribution is 2.20. The van der Waals surface area contributed by atoms with Gasteiger partial charge in [-0.2, -0.15) is 0 Å². The predicted molar refractivity (Wildman–Crippen MR) is 67.7 cm³/mol. The van der Waals surface area contributed by atoms with E-state index in [1.807, 2.05) is 6.92 Å². The minimum atomic E-state index is -3.57. The van der Waals surface area contributed by atoms with E-state index >= 15 is 0 Å². The van der Waals surface area contributed by atoms with Crippen molar-refractivity contribution in [2.45, 2.75) is 24.9 Å². The molecule has 0 N–H and O–H groups in total. The van der Waals surface area contributed by atoms with Crippen LogP contribution in [0.25, 0.3) is 0 Å². The third kappa shape index (κ3) is 2.31. The van der Waals surface area contributed by atoms with Crippen LogP contribution in [0.15, 0.2) is 47.6 Å². The minimum absolute atomic E-state index is 0.155. The number of alkyl halides is 1. The summed E-state index contributed by atoms with van der Waals surface area (Å²) in [7, 11) is -3.57. The van der Waals surface area contributed by atoms with Gasteiger partial charge in [0.2, 0.25) is 0 Å². The molecule has 0 saturated heterocycles. The Bertz CT molecular complexity index is 642. The van der Waals surface area contributed by atoms with Gasteiger partial charge in [-0.05, 0) is 43.2 Å². The molecule has 1 aromatic heterocycles. The van der Waals surface area contributed by atoms with Crippen LogP contribution in [0.3, 0.4) is 0 Å². The fourth-order valence-electron chi connectivity index (χ4n) is 1.65. The molecule has 1 heterocycles. The third-order valence-corrected chi connectivity index (χ3v) is 4.38. The van der Waals surface area contributed by atoms with Crippen molar-refractivity contribution in [1.82, 2.24) is 3.97 Å². The molecular weight excluding hydrogens is 253 g/mol. The molecule has 0 saturated carbocycles. The van der Waals surface area contributed by atoms with Crippen molar-refractivity contribution < 1.29 is 12.8 Å². The van der Waals surface area contributed by atoms with Crippen LogP contribution in [0.5, 0.6) is 0 Å². The fourth-order valence-corrected chi connectivity index (χ4v) is 2.90. The summed E-state index contributed by atoms with van der Waals surface area (Å²) in [5.41, 5.74) is 1.34. The van der Waals surface area contributed by atoms with E-state index < -0.39 is 16.2 Å². The van der Waals surface area contributed by atoms with Crippen molar-refractivity contribution in [1.29, 1.82) is 0 Å². The number of hydrogen-bond donors (Lipinski definition) is 0. The molecule has 5 heteroatoms. The SMILES string of the molecule is Cc1ccn(S(=O)(=O)c2ccc(C(C)F)cc2)c1. The largest absolute Gasteiger partial charge is 0.267 e. The fraction of sp³-hybridized carbons (Fsp3) is 0.231. The first-order valence-corrected chi connectivity index (χ1v) is 6.99. The summed E-state index contributed by atoms with van der Waals surface area (Å²) >= 11 is 0. The van der Waals surface area contributed by atoms with E-state index in [0.717, 1.165) is 9.54 Å². The second-order valence-electron chi connectivity index (χ2n) is 4.21. The first-order chi connectivity index (χ1) is 8.41.